The van der Waals surface area contributed by atoms with Crippen LogP contribution in [0.15, 0.2) is 30.5 Å². The van der Waals surface area contributed by atoms with Gasteiger partial charge in [0, 0.05) is 12.6 Å². The topological polar surface area (TPSA) is 46.6 Å². The fourth-order valence-corrected chi connectivity index (χ4v) is 4.53. The molecule has 1 heterocycles. The van der Waals surface area contributed by atoms with Gasteiger partial charge in [-0.05, 0) is 66.9 Å². The van der Waals surface area contributed by atoms with Gasteiger partial charge in [-0.25, -0.2) is 9.18 Å². The van der Waals surface area contributed by atoms with Crippen LogP contribution in [0.25, 0.3) is 0 Å². The molecule has 0 radical (unpaired) electrons. The van der Waals surface area contributed by atoms with Gasteiger partial charge in [-0.2, -0.15) is 0 Å². The molecule has 1 fully saturated rings. The number of benzene rings is 1. The van der Waals surface area contributed by atoms with Crippen LogP contribution < -0.4 is 0 Å². The third-order valence-corrected chi connectivity index (χ3v) is 6.17. The molecule has 152 valence electrons. The van der Waals surface area contributed by atoms with Crippen molar-refractivity contribution in [1.29, 1.82) is 0 Å². The van der Waals surface area contributed by atoms with Crippen molar-refractivity contribution in [2.45, 2.75) is 65.5 Å². The fraction of sp³-hybridized carbons (Fsp3) is 0.565. The number of ketones is 1. The molecule has 1 aliphatic heterocycles. The van der Waals surface area contributed by atoms with Crippen molar-refractivity contribution < 1.29 is 18.7 Å². The molecule has 4 nitrogen and oxygen atoms in total. The summed E-state index contributed by atoms with van der Waals surface area (Å²) < 4.78 is 19.5. The van der Waals surface area contributed by atoms with Gasteiger partial charge in [0.15, 0.2) is 5.78 Å². The molecule has 0 saturated heterocycles. The minimum absolute atomic E-state index is 0.0517. The van der Waals surface area contributed by atoms with Gasteiger partial charge in [-0.15, -0.1) is 0 Å². The van der Waals surface area contributed by atoms with Crippen molar-refractivity contribution in [3.63, 3.8) is 0 Å². The van der Waals surface area contributed by atoms with Gasteiger partial charge in [0.25, 0.3) is 0 Å². The Labute approximate surface area is 166 Å². The van der Waals surface area contributed by atoms with Crippen LogP contribution in [0.4, 0.5) is 9.18 Å². The average molecular weight is 387 g/mol. The Morgan fingerprint density at radius 2 is 2.04 bits per heavy atom. The third kappa shape index (κ3) is 4.45. The Hall–Kier alpha value is -2.17. The van der Waals surface area contributed by atoms with Crippen molar-refractivity contribution in [1.82, 2.24) is 4.90 Å². The van der Waals surface area contributed by atoms with Crippen LogP contribution in [-0.4, -0.2) is 22.9 Å². The molecule has 0 bridgehead atoms. The van der Waals surface area contributed by atoms with E-state index in [1.807, 2.05) is 0 Å². The highest BCUT2D eigenvalue weighted by atomic mass is 19.1. The number of hydrogen-bond donors (Lipinski definition) is 0. The molecule has 0 N–H and O–H groups in total. The second-order valence-corrected chi connectivity index (χ2v) is 8.66. The molecule has 0 aromatic heterocycles. The van der Waals surface area contributed by atoms with Gasteiger partial charge in [0.05, 0.1) is 6.04 Å². The van der Waals surface area contributed by atoms with Crippen LogP contribution in [-0.2, 0) is 9.53 Å². The summed E-state index contributed by atoms with van der Waals surface area (Å²) in [4.78, 5) is 26.6. The molecular formula is C23H30FNO3. The minimum atomic E-state index is -0.468. The quantitative estimate of drug-likeness (QED) is 0.682. The first-order valence-corrected chi connectivity index (χ1v) is 10.2. The predicted octanol–water partition coefficient (Wildman–Crippen LogP) is 5.56. The lowest BCUT2D eigenvalue weighted by Gasteiger charge is -2.39. The van der Waals surface area contributed by atoms with Crippen molar-refractivity contribution >= 4 is 11.9 Å². The normalized spacial score (nSPS) is 27.9. The maximum Gasteiger partial charge on any atom is 0.414 e. The van der Waals surface area contributed by atoms with Gasteiger partial charge in [-0.1, -0.05) is 33.3 Å². The zero-order valence-electron chi connectivity index (χ0n) is 17.2. The molecular weight excluding hydrogens is 357 g/mol. The van der Waals surface area contributed by atoms with E-state index in [4.69, 9.17) is 4.74 Å². The molecule has 1 aromatic carbocycles. The number of allylic oxidation sites excluding steroid dienone is 1. The van der Waals surface area contributed by atoms with E-state index in [1.165, 1.54) is 29.3 Å². The van der Waals surface area contributed by atoms with Crippen LogP contribution in [0.1, 0.15) is 63.6 Å². The van der Waals surface area contributed by atoms with Crippen molar-refractivity contribution in [3.8, 4) is 0 Å². The number of amides is 1. The van der Waals surface area contributed by atoms with E-state index in [0.29, 0.717) is 17.8 Å². The Bertz CT molecular complexity index is 773. The van der Waals surface area contributed by atoms with E-state index < -0.39 is 12.1 Å². The molecule has 2 aliphatic rings. The van der Waals surface area contributed by atoms with Gasteiger partial charge in [0.1, 0.15) is 11.9 Å². The van der Waals surface area contributed by atoms with E-state index in [9.17, 15) is 14.0 Å². The summed E-state index contributed by atoms with van der Waals surface area (Å²) in [6.45, 7) is 8.33. The number of carbonyl (C=O) groups excluding carboxylic acids is 2. The summed E-state index contributed by atoms with van der Waals surface area (Å²) >= 11 is 0. The highest BCUT2D eigenvalue weighted by Gasteiger charge is 2.37. The molecule has 1 aliphatic carbocycles. The lowest BCUT2D eigenvalue weighted by atomic mass is 9.75. The highest BCUT2D eigenvalue weighted by Crippen LogP contribution is 2.37. The first-order valence-electron chi connectivity index (χ1n) is 10.2. The number of rotatable bonds is 3. The molecule has 4 atom stereocenters. The zero-order valence-corrected chi connectivity index (χ0v) is 17.2. The van der Waals surface area contributed by atoms with E-state index in [1.54, 1.807) is 13.0 Å². The summed E-state index contributed by atoms with van der Waals surface area (Å²) in [5.74, 6) is 0.940. The lowest BCUT2D eigenvalue weighted by molar-refractivity contribution is -0.116. The Kier molecular flexibility index (Phi) is 6.21. The van der Waals surface area contributed by atoms with Crippen LogP contribution in [0.5, 0.6) is 0 Å². The Morgan fingerprint density at radius 3 is 2.71 bits per heavy atom. The number of nitrogens with zero attached hydrogens (tertiary/aromatic N) is 1. The monoisotopic (exact) mass is 387 g/mol. The van der Waals surface area contributed by atoms with Gasteiger partial charge in [0.2, 0.25) is 0 Å². The molecule has 0 spiro atoms. The second-order valence-electron chi connectivity index (χ2n) is 8.66. The van der Waals surface area contributed by atoms with Crippen LogP contribution >= 0.6 is 0 Å². The number of aryl methyl sites for hydroxylation is 1. The van der Waals surface area contributed by atoms with E-state index in [-0.39, 0.29) is 24.1 Å². The van der Waals surface area contributed by atoms with Crippen LogP contribution in [0, 0.1) is 30.5 Å². The number of halogens is 1. The summed E-state index contributed by atoms with van der Waals surface area (Å²) in [5, 5.41) is 0. The van der Waals surface area contributed by atoms with Crippen molar-refractivity contribution in [3.05, 3.63) is 47.4 Å². The molecule has 1 saturated carbocycles. The minimum Gasteiger partial charge on any atom is -0.446 e. The Balaban J connectivity index is 1.83. The zero-order chi connectivity index (χ0) is 20.4. The summed E-state index contributed by atoms with van der Waals surface area (Å²) in [5.41, 5.74) is 1.49. The average Bonchev–Trinajstić information content (AvgIpc) is 2.61. The maximum atomic E-state index is 13.5. The van der Waals surface area contributed by atoms with Crippen molar-refractivity contribution in [2.24, 2.45) is 17.8 Å². The largest absolute Gasteiger partial charge is 0.446 e. The number of carbonyl (C=O) groups is 2. The van der Waals surface area contributed by atoms with Crippen LogP contribution in [0.2, 0.25) is 0 Å². The summed E-state index contributed by atoms with van der Waals surface area (Å²) in [7, 11) is 0. The fourth-order valence-electron chi connectivity index (χ4n) is 4.53. The molecule has 4 unspecified atom stereocenters. The second kappa shape index (κ2) is 8.46. The summed E-state index contributed by atoms with van der Waals surface area (Å²) in [6.07, 6.45) is 5.65. The van der Waals surface area contributed by atoms with E-state index in [2.05, 4.69) is 20.8 Å². The summed E-state index contributed by atoms with van der Waals surface area (Å²) in [6, 6.07) is 3.98. The third-order valence-electron chi connectivity index (χ3n) is 6.17. The van der Waals surface area contributed by atoms with Gasteiger partial charge in [-0.3, -0.25) is 9.69 Å². The predicted molar refractivity (Wildman–Crippen MR) is 106 cm³/mol. The molecule has 28 heavy (non-hydrogen) atoms. The first kappa shape index (κ1) is 20.6. The van der Waals surface area contributed by atoms with E-state index >= 15 is 0 Å². The Morgan fingerprint density at radius 1 is 1.29 bits per heavy atom. The van der Waals surface area contributed by atoms with Gasteiger partial charge >= 0.3 is 6.09 Å². The molecule has 5 heteroatoms. The standard InChI is InChI=1S/C23H30FNO3/c1-14(2)19-7-5-15(3)11-22(19)28-23(27)25-10-9-18(26)13-21(25)20-8-6-17(24)12-16(20)4/h6,8-10,12,14-15,19,21-22H,5,7,11,13H2,1-4H3. The number of hydrogen-bond acceptors (Lipinski definition) is 3. The first-order chi connectivity index (χ1) is 13.3. The SMILES string of the molecule is Cc1cc(F)ccc1C1CC(=O)C=CN1C(=O)OC1CC(C)CCC1C(C)C. The maximum absolute atomic E-state index is 13.5. The lowest BCUT2D eigenvalue weighted by Crippen LogP contribution is -2.41. The molecule has 1 amide bonds. The van der Waals surface area contributed by atoms with E-state index in [0.717, 1.165) is 30.4 Å². The molecule has 1 aromatic rings. The highest BCUT2D eigenvalue weighted by molar-refractivity contribution is 5.92. The van der Waals surface area contributed by atoms with Gasteiger partial charge < -0.3 is 4.74 Å². The van der Waals surface area contributed by atoms with Crippen molar-refractivity contribution in [2.75, 3.05) is 0 Å². The number of ether oxygens (including phenoxy) is 1. The van der Waals surface area contributed by atoms with Crippen LogP contribution in [0.3, 0.4) is 0 Å². The molecule has 3 rings (SSSR count). The smallest absolute Gasteiger partial charge is 0.414 e.